The van der Waals surface area contributed by atoms with Crippen molar-refractivity contribution in [2.45, 2.75) is 12.8 Å². The van der Waals surface area contributed by atoms with Crippen molar-refractivity contribution in [1.29, 1.82) is 0 Å². The van der Waals surface area contributed by atoms with Gasteiger partial charge in [-0.25, -0.2) is 0 Å². The number of anilines is 1. The summed E-state index contributed by atoms with van der Waals surface area (Å²) < 4.78 is 0. The fourth-order valence-corrected chi connectivity index (χ4v) is 2.24. The standard InChI is InChI=1S/C13H14N2/c1-2-9-15(8-1)12-5-6-13-11(10-12)4-3-7-14-13/h3-7,10H,1-2,8-9H2. The van der Waals surface area contributed by atoms with Crippen LogP contribution in [0.15, 0.2) is 36.5 Å². The van der Waals surface area contributed by atoms with Gasteiger partial charge in [0.2, 0.25) is 0 Å². The second-order valence-corrected chi connectivity index (χ2v) is 4.07. The molecule has 1 aromatic carbocycles. The Balaban J connectivity index is 2.05. The lowest BCUT2D eigenvalue weighted by Crippen LogP contribution is -2.17. The van der Waals surface area contributed by atoms with Gasteiger partial charge in [0.1, 0.15) is 0 Å². The minimum absolute atomic E-state index is 1.08. The average Bonchev–Trinajstić information content (AvgIpc) is 2.82. The van der Waals surface area contributed by atoms with E-state index in [1.165, 1.54) is 37.0 Å². The van der Waals surface area contributed by atoms with Gasteiger partial charge in [0.25, 0.3) is 0 Å². The first-order valence-electron chi connectivity index (χ1n) is 5.53. The summed E-state index contributed by atoms with van der Waals surface area (Å²) in [7, 11) is 0. The lowest BCUT2D eigenvalue weighted by atomic mass is 10.2. The number of hydrogen-bond acceptors (Lipinski definition) is 2. The van der Waals surface area contributed by atoms with Gasteiger partial charge in [-0.2, -0.15) is 0 Å². The van der Waals surface area contributed by atoms with Crippen molar-refractivity contribution in [3.05, 3.63) is 36.5 Å². The minimum Gasteiger partial charge on any atom is -0.372 e. The lowest BCUT2D eigenvalue weighted by molar-refractivity contribution is 0.949. The van der Waals surface area contributed by atoms with E-state index in [4.69, 9.17) is 0 Å². The summed E-state index contributed by atoms with van der Waals surface area (Å²) >= 11 is 0. The van der Waals surface area contributed by atoms with Gasteiger partial charge < -0.3 is 4.90 Å². The quantitative estimate of drug-likeness (QED) is 0.700. The Bertz CT molecular complexity index is 473. The van der Waals surface area contributed by atoms with Crippen LogP contribution in [0.3, 0.4) is 0 Å². The van der Waals surface area contributed by atoms with Crippen molar-refractivity contribution in [2.24, 2.45) is 0 Å². The Morgan fingerprint density at radius 1 is 1.07 bits per heavy atom. The molecule has 1 saturated heterocycles. The van der Waals surface area contributed by atoms with Crippen LogP contribution >= 0.6 is 0 Å². The van der Waals surface area contributed by atoms with Crippen molar-refractivity contribution in [2.75, 3.05) is 18.0 Å². The molecular weight excluding hydrogens is 184 g/mol. The number of pyridine rings is 1. The molecule has 0 spiro atoms. The first-order valence-corrected chi connectivity index (χ1v) is 5.53. The van der Waals surface area contributed by atoms with Crippen molar-refractivity contribution < 1.29 is 0 Å². The molecule has 0 radical (unpaired) electrons. The molecule has 76 valence electrons. The van der Waals surface area contributed by atoms with Crippen LogP contribution in [0.4, 0.5) is 5.69 Å². The Labute approximate surface area is 89.5 Å². The van der Waals surface area contributed by atoms with Gasteiger partial charge in [0.15, 0.2) is 0 Å². The maximum absolute atomic E-state index is 4.33. The van der Waals surface area contributed by atoms with Gasteiger partial charge in [-0.05, 0) is 37.1 Å². The van der Waals surface area contributed by atoms with E-state index in [0.717, 1.165) is 5.52 Å². The number of nitrogens with zero attached hydrogens (tertiary/aromatic N) is 2. The molecule has 3 rings (SSSR count). The smallest absolute Gasteiger partial charge is 0.0703 e. The van der Waals surface area contributed by atoms with Crippen LogP contribution in [0.25, 0.3) is 10.9 Å². The summed E-state index contributed by atoms with van der Waals surface area (Å²) in [6, 6.07) is 10.7. The number of hydrogen-bond donors (Lipinski definition) is 0. The van der Waals surface area contributed by atoms with E-state index >= 15 is 0 Å². The van der Waals surface area contributed by atoms with Crippen LogP contribution in [-0.4, -0.2) is 18.1 Å². The van der Waals surface area contributed by atoms with Crippen molar-refractivity contribution in [3.63, 3.8) is 0 Å². The predicted octanol–water partition coefficient (Wildman–Crippen LogP) is 2.84. The zero-order valence-electron chi connectivity index (χ0n) is 8.69. The average molecular weight is 198 g/mol. The summed E-state index contributed by atoms with van der Waals surface area (Å²) in [4.78, 5) is 6.78. The topological polar surface area (TPSA) is 16.1 Å². The molecular formula is C13H14N2. The highest BCUT2D eigenvalue weighted by molar-refractivity contribution is 5.82. The molecule has 0 aliphatic carbocycles. The number of rotatable bonds is 1. The van der Waals surface area contributed by atoms with Gasteiger partial charge in [-0.1, -0.05) is 6.07 Å². The number of benzene rings is 1. The van der Waals surface area contributed by atoms with Crippen LogP contribution in [-0.2, 0) is 0 Å². The minimum atomic E-state index is 1.08. The molecule has 2 heteroatoms. The van der Waals surface area contributed by atoms with Crippen molar-refractivity contribution >= 4 is 16.6 Å². The molecule has 0 saturated carbocycles. The molecule has 2 heterocycles. The van der Waals surface area contributed by atoms with Gasteiger partial charge in [-0.15, -0.1) is 0 Å². The van der Waals surface area contributed by atoms with Gasteiger partial charge >= 0.3 is 0 Å². The molecule has 1 aliphatic rings. The maximum Gasteiger partial charge on any atom is 0.0703 e. The van der Waals surface area contributed by atoms with E-state index in [0.29, 0.717) is 0 Å². The highest BCUT2D eigenvalue weighted by atomic mass is 15.1. The largest absolute Gasteiger partial charge is 0.372 e. The van der Waals surface area contributed by atoms with E-state index in [1.807, 2.05) is 12.3 Å². The van der Waals surface area contributed by atoms with Crippen LogP contribution in [0.2, 0.25) is 0 Å². The summed E-state index contributed by atoms with van der Waals surface area (Å²) in [5, 5.41) is 1.24. The summed E-state index contributed by atoms with van der Waals surface area (Å²) in [5.74, 6) is 0. The molecule has 2 nitrogen and oxygen atoms in total. The van der Waals surface area contributed by atoms with E-state index in [2.05, 4.69) is 34.1 Å². The van der Waals surface area contributed by atoms with Crippen LogP contribution < -0.4 is 4.90 Å². The van der Waals surface area contributed by atoms with Gasteiger partial charge in [0.05, 0.1) is 5.52 Å². The summed E-state index contributed by atoms with van der Waals surface area (Å²) in [5.41, 5.74) is 2.42. The Hall–Kier alpha value is -1.57. The molecule has 0 atom stereocenters. The van der Waals surface area contributed by atoms with Crippen LogP contribution in [0, 0.1) is 0 Å². The monoisotopic (exact) mass is 198 g/mol. The maximum atomic E-state index is 4.33. The molecule has 1 aliphatic heterocycles. The highest BCUT2D eigenvalue weighted by Crippen LogP contribution is 2.23. The zero-order chi connectivity index (χ0) is 10.1. The lowest BCUT2D eigenvalue weighted by Gasteiger charge is -2.17. The van der Waals surface area contributed by atoms with E-state index < -0.39 is 0 Å². The van der Waals surface area contributed by atoms with E-state index in [9.17, 15) is 0 Å². The van der Waals surface area contributed by atoms with Crippen LogP contribution in [0.1, 0.15) is 12.8 Å². The van der Waals surface area contributed by atoms with E-state index in [1.54, 1.807) is 0 Å². The molecule has 2 aromatic rings. The Morgan fingerprint density at radius 3 is 2.80 bits per heavy atom. The Kier molecular flexibility index (Phi) is 2.05. The normalized spacial score (nSPS) is 16.1. The van der Waals surface area contributed by atoms with Crippen molar-refractivity contribution in [3.8, 4) is 0 Å². The summed E-state index contributed by atoms with van der Waals surface area (Å²) in [6.45, 7) is 2.40. The fraction of sp³-hybridized carbons (Fsp3) is 0.308. The third-order valence-electron chi connectivity index (χ3n) is 3.06. The number of aromatic nitrogens is 1. The van der Waals surface area contributed by atoms with E-state index in [-0.39, 0.29) is 0 Å². The number of fused-ring (bicyclic) bond motifs is 1. The SMILES string of the molecule is c1cnc2ccc(N3CCCC3)cc2c1. The molecule has 0 amide bonds. The zero-order valence-corrected chi connectivity index (χ0v) is 8.69. The second-order valence-electron chi connectivity index (χ2n) is 4.07. The molecule has 1 aromatic heterocycles. The molecule has 1 fully saturated rings. The third kappa shape index (κ3) is 1.56. The van der Waals surface area contributed by atoms with Crippen LogP contribution in [0.5, 0.6) is 0 Å². The fourth-order valence-electron chi connectivity index (χ4n) is 2.24. The molecule has 0 N–H and O–H groups in total. The molecule has 15 heavy (non-hydrogen) atoms. The molecule has 0 unspecified atom stereocenters. The first kappa shape index (κ1) is 8.72. The second kappa shape index (κ2) is 3.54. The predicted molar refractivity (Wildman–Crippen MR) is 63.2 cm³/mol. The Morgan fingerprint density at radius 2 is 1.93 bits per heavy atom. The van der Waals surface area contributed by atoms with Gasteiger partial charge in [0, 0.05) is 30.4 Å². The van der Waals surface area contributed by atoms with Gasteiger partial charge in [-0.3, -0.25) is 4.98 Å². The highest BCUT2D eigenvalue weighted by Gasteiger charge is 2.12. The van der Waals surface area contributed by atoms with Crippen molar-refractivity contribution in [1.82, 2.24) is 4.98 Å². The third-order valence-corrected chi connectivity index (χ3v) is 3.06. The first-order chi connectivity index (χ1) is 7.43. The molecule has 0 bridgehead atoms. The summed E-state index contributed by atoms with van der Waals surface area (Å²) in [6.07, 6.45) is 4.49.